The van der Waals surface area contributed by atoms with E-state index in [1.54, 1.807) is 18.3 Å². The second kappa shape index (κ2) is 5.75. The fourth-order valence-corrected chi connectivity index (χ4v) is 0.883. The summed E-state index contributed by atoms with van der Waals surface area (Å²) < 4.78 is 0. The maximum Gasteiger partial charge on any atom is 0.224 e. The Hall–Kier alpha value is -1.84. The Balaban J connectivity index is 2.58. The summed E-state index contributed by atoms with van der Waals surface area (Å²) in [6.45, 7) is 8.56. The van der Waals surface area contributed by atoms with Crippen molar-refractivity contribution in [2.45, 2.75) is 0 Å². The molecule has 0 atom stereocenters. The monoisotopic (exact) mass is 190 g/mol. The van der Waals surface area contributed by atoms with Crippen LogP contribution in [0.3, 0.4) is 0 Å². The molecule has 0 unspecified atom stereocenters. The highest BCUT2D eigenvalue weighted by molar-refractivity contribution is 5.40. The second-order valence-corrected chi connectivity index (χ2v) is 2.60. The molecule has 0 aliphatic heterocycles. The molecule has 0 fully saturated rings. The lowest BCUT2D eigenvalue weighted by molar-refractivity contribution is 1.11. The van der Waals surface area contributed by atoms with Crippen LogP contribution in [0.25, 0.3) is 0 Å². The van der Waals surface area contributed by atoms with Crippen molar-refractivity contribution in [3.63, 3.8) is 0 Å². The number of hydrogen-bond acceptors (Lipinski definition) is 4. The van der Waals surface area contributed by atoms with E-state index in [-0.39, 0.29) is 0 Å². The quantitative estimate of drug-likeness (QED) is 0.670. The maximum atomic E-state index is 4.22. The highest BCUT2D eigenvalue weighted by Gasteiger charge is 1.95. The molecule has 0 saturated carbocycles. The molecule has 0 radical (unpaired) electrons. The number of nitrogens with zero attached hydrogens (tertiary/aromatic N) is 2. The normalized spacial score (nSPS) is 9.14. The fraction of sp³-hybridized carbons (Fsp3) is 0.200. The van der Waals surface area contributed by atoms with Crippen molar-refractivity contribution in [1.82, 2.24) is 9.97 Å². The molecule has 1 heterocycles. The van der Waals surface area contributed by atoms with Crippen LogP contribution in [0.4, 0.5) is 11.8 Å². The van der Waals surface area contributed by atoms with Crippen molar-refractivity contribution in [3.8, 4) is 0 Å². The number of hydrogen-bond donors (Lipinski definition) is 2. The van der Waals surface area contributed by atoms with Crippen molar-refractivity contribution < 1.29 is 0 Å². The average Bonchev–Trinajstić information content (AvgIpc) is 2.24. The molecular weight excluding hydrogens is 176 g/mol. The van der Waals surface area contributed by atoms with Crippen molar-refractivity contribution in [1.29, 1.82) is 0 Å². The molecule has 4 nitrogen and oxygen atoms in total. The van der Waals surface area contributed by atoms with Crippen LogP contribution < -0.4 is 10.6 Å². The number of rotatable bonds is 6. The summed E-state index contributed by atoms with van der Waals surface area (Å²) in [6, 6.07) is 1.81. The first kappa shape index (κ1) is 10.2. The molecule has 0 spiro atoms. The lowest BCUT2D eigenvalue weighted by Crippen LogP contribution is -2.06. The van der Waals surface area contributed by atoms with Gasteiger partial charge >= 0.3 is 0 Å². The molecule has 0 amide bonds. The largest absolute Gasteiger partial charge is 0.366 e. The molecular formula is C10H14N4. The lowest BCUT2D eigenvalue weighted by atomic mass is 10.5. The van der Waals surface area contributed by atoms with Gasteiger partial charge in [-0.25, -0.2) is 4.98 Å². The number of anilines is 2. The molecule has 1 aromatic heterocycles. The van der Waals surface area contributed by atoms with Crippen LogP contribution in [0.2, 0.25) is 0 Å². The minimum Gasteiger partial charge on any atom is -0.366 e. The van der Waals surface area contributed by atoms with Crippen LogP contribution in [-0.4, -0.2) is 23.1 Å². The van der Waals surface area contributed by atoms with Crippen LogP contribution in [0, 0.1) is 0 Å². The van der Waals surface area contributed by atoms with Gasteiger partial charge in [-0.2, -0.15) is 4.98 Å². The SMILES string of the molecule is C=CCNc1ccnc(NCC=C)n1. The van der Waals surface area contributed by atoms with Gasteiger partial charge in [-0.05, 0) is 6.07 Å². The zero-order chi connectivity index (χ0) is 10.2. The van der Waals surface area contributed by atoms with Gasteiger partial charge in [0.2, 0.25) is 5.95 Å². The van der Waals surface area contributed by atoms with Crippen LogP contribution >= 0.6 is 0 Å². The van der Waals surface area contributed by atoms with Gasteiger partial charge in [-0.3, -0.25) is 0 Å². The third kappa shape index (κ3) is 3.26. The zero-order valence-electron chi connectivity index (χ0n) is 8.03. The standard InChI is InChI=1S/C10H14N4/c1-3-6-11-9-5-8-13-10(14-9)12-7-4-2/h3-5,8H,1-2,6-7H2,(H2,11,12,13,14). The molecule has 74 valence electrons. The molecule has 4 heteroatoms. The van der Waals surface area contributed by atoms with Gasteiger partial charge < -0.3 is 10.6 Å². The van der Waals surface area contributed by atoms with E-state index in [9.17, 15) is 0 Å². The van der Waals surface area contributed by atoms with E-state index >= 15 is 0 Å². The summed E-state index contributed by atoms with van der Waals surface area (Å²) in [5.74, 6) is 1.38. The topological polar surface area (TPSA) is 49.8 Å². The highest BCUT2D eigenvalue weighted by Crippen LogP contribution is 2.04. The Bertz CT molecular complexity index is 281. The second-order valence-electron chi connectivity index (χ2n) is 2.60. The minimum atomic E-state index is 0.596. The minimum absolute atomic E-state index is 0.596. The summed E-state index contributed by atoms with van der Waals surface area (Å²) in [7, 11) is 0. The van der Waals surface area contributed by atoms with Gasteiger partial charge in [0, 0.05) is 19.3 Å². The lowest BCUT2D eigenvalue weighted by Gasteiger charge is -2.04. The predicted octanol–water partition coefficient (Wildman–Crippen LogP) is 1.67. The van der Waals surface area contributed by atoms with Gasteiger partial charge in [-0.1, -0.05) is 12.2 Å². The van der Waals surface area contributed by atoms with Crippen LogP contribution in [0.15, 0.2) is 37.6 Å². The summed E-state index contributed by atoms with van der Waals surface area (Å²) in [4.78, 5) is 8.27. The fourth-order valence-electron chi connectivity index (χ4n) is 0.883. The van der Waals surface area contributed by atoms with E-state index in [1.165, 1.54) is 0 Å². The summed E-state index contributed by atoms with van der Waals surface area (Å²) in [6.07, 6.45) is 5.23. The molecule has 0 aromatic carbocycles. The number of aromatic nitrogens is 2. The Labute approximate surface area is 83.8 Å². The van der Waals surface area contributed by atoms with E-state index in [0.717, 1.165) is 5.82 Å². The van der Waals surface area contributed by atoms with Crippen molar-refractivity contribution in [2.24, 2.45) is 0 Å². The van der Waals surface area contributed by atoms with Gasteiger partial charge in [0.05, 0.1) is 0 Å². The third-order valence-electron chi connectivity index (χ3n) is 1.49. The van der Waals surface area contributed by atoms with E-state index in [0.29, 0.717) is 19.0 Å². The maximum absolute atomic E-state index is 4.22. The van der Waals surface area contributed by atoms with Gasteiger partial charge in [-0.15, -0.1) is 13.2 Å². The van der Waals surface area contributed by atoms with Gasteiger partial charge in [0.15, 0.2) is 0 Å². The molecule has 0 aliphatic rings. The Morgan fingerprint density at radius 2 is 1.93 bits per heavy atom. The molecule has 1 rings (SSSR count). The highest BCUT2D eigenvalue weighted by atomic mass is 15.1. The van der Waals surface area contributed by atoms with Crippen molar-refractivity contribution in [2.75, 3.05) is 23.7 Å². The van der Waals surface area contributed by atoms with Gasteiger partial charge in [0.25, 0.3) is 0 Å². The van der Waals surface area contributed by atoms with Crippen LogP contribution in [0.1, 0.15) is 0 Å². The molecule has 1 aromatic rings. The molecule has 0 aliphatic carbocycles. The van der Waals surface area contributed by atoms with E-state index in [2.05, 4.69) is 33.8 Å². The van der Waals surface area contributed by atoms with Crippen molar-refractivity contribution >= 4 is 11.8 Å². The Morgan fingerprint density at radius 3 is 2.64 bits per heavy atom. The van der Waals surface area contributed by atoms with Crippen molar-refractivity contribution in [3.05, 3.63) is 37.6 Å². The van der Waals surface area contributed by atoms with E-state index < -0.39 is 0 Å². The summed E-state index contributed by atoms with van der Waals surface area (Å²) in [5, 5.41) is 6.08. The Kier molecular flexibility index (Phi) is 4.20. The third-order valence-corrected chi connectivity index (χ3v) is 1.49. The molecule has 2 N–H and O–H groups in total. The van der Waals surface area contributed by atoms with E-state index in [4.69, 9.17) is 0 Å². The molecule has 0 bridgehead atoms. The smallest absolute Gasteiger partial charge is 0.224 e. The van der Waals surface area contributed by atoms with Crippen LogP contribution in [-0.2, 0) is 0 Å². The van der Waals surface area contributed by atoms with Gasteiger partial charge in [0.1, 0.15) is 5.82 Å². The summed E-state index contributed by atoms with van der Waals surface area (Å²) >= 11 is 0. The molecule has 0 saturated heterocycles. The zero-order valence-corrected chi connectivity index (χ0v) is 8.03. The number of nitrogens with one attached hydrogen (secondary N) is 2. The first-order valence-electron chi connectivity index (χ1n) is 4.39. The predicted molar refractivity (Wildman–Crippen MR) is 59.4 cm³/mol. The Morgan fingerprint density at radius 1 is 1.21 bits per heavy atom. The van der Waals surface area contributed by atoms with Crippen LogP contribution in [0.5, 0.6) is 0 Å². The first-order chi connectivity index (χ1) is 6.86. The summed E-state index contributed by atoms with van der Waals surface area (Å²) in [5.41, 5.74) is 0. The van der Waals surface area contributed by atoms with E-state index in [1.807, 2.05) is 6.07 Å². The average molecular weight is 190 g/mol. The molecule has 14 heavy (non-hydrogen) atoms. The first-order valence-corrected chi connectivity index (χ1v) is 4.39.